The van der Waals surface area contributed by atoms with Crippen molar-refractivity contribution in [1.29, 1.82) is 0 Å². The van der Waals surface area contributed by atoms with Crippen LogP contribution in [0.25, 0.3) is 5.41 Å². The molecule has 1 aromatic carbocycles. The van der Waals surface area contributed by atoms with Crippen LogP contribution in [0.3, 0.4) is 0 Å². The third-order valence-electron chi connectivity index (χ3n) is 2.75. The van der Waals surface area contributed by atoms with Gasteiger partial charge in [-0.15, -0.1) is 0 Å². The van der Waals surface area contributed by atoms with Gasteiger partial charge in [0.2, 0.25) is 0 Å². The van der Waals surface area contributed by atoms with E-state index >= 15 is 0 Å². The maximum atomic E-state index is 7.13. The second-order valence-corrected chi connectivity index (χ2v) is 5.29. The quantitative estimate of drug-likeness (QED) is 0.484. The molecule has 0 aliphatic carbocycles. The molecule has 0 saturated carbocycles. The molecule has 1 aliphatic rings. The molecule has 0 saturated heterocycles. The van der Waals surface area contributed by atoms with Gasteiger partial charge in [-0.25, -0.2) is 4.57 Å². The maximum Gasteiger partial charge on any atom is 0.296 e. The molecule has 2 heterocycles. The zero-order valence-corrected chi connectivity index (χ0v) is 12.0. The van der Waals surface area contributed by atoms with E-state index in [-0.39, 0.29) is 0 Å². The molecule has 4 nitrogen and oxygen atoms in total. The summed E-state index contributed by atoms with van der Waals surface area (Å²) >= 11 is 5.60. The van der Waals surface area contributed by atoms with Crippen molar-refractivity contribution >= 4 is 29.1 Å². The zero-order valence-electron chi connectivity index (χ0n) is 10.4. The van der Waals surface area contributed by atoms with E-state index in [9.17, 15) is 0 Å². The smallest absolute Gasteiger partial charge is 0.296 e. The van der Waals surface area contributed by atoms with Gasteiger partial charge in [0.15, 0.2) is 0 Å². The van der Waals surface area contributed by atoms with E-state index in [0.717, 1.165) is 13.1 Å². The molecular formula is C13H14N4S2. The van der Waals surface area contributed by atoms with Crippen molar-refractivity contribution in [2.75, 3.05) is 5.75 Å². The fourth-order valence-corrected chi connectivity index (χ4v) is 2.97. The Kier molecular flexibility index (Phi) is 5.27. The van der Waals surface area contributed by atoms with Crippen LogP contribution >= 0.6 is 24.0 Å². The Morgan fingerprint density at radius 1 is 1.42 bits per heavy atom. The molecule has 3 rings (SSSR count). The van der Waals surface area contributed by atoms with Crippen molar-refractivity contribution < 1.29 is 4.57 Å². The largest absolute Gasteiger partial charge is 0.753 e. The Hall–Kier alpha value is -1.49. The average molecular weight is 290 g/mol. The van der Waals surface area contributed by atoms with Gasteiger partial charge in [-0.1, -0.05) is 59.0 Å². The van der Waals surface area contributed by atoms with E-state index < -0.39 is 0 Å². The number of benzene rings is 1. The summed E-state index contributed by atoms with van der Waals surface area (Å²) in [5, 5.41) is 14.2. The topological polar surface area (TPSA) is 44.0 Å². The second-order valence-electron chi connectivity index (χ2n) is 4.04. The van der Waals surface area contributed by atoms with E-state index in [4.69, 9.17) is 5.41 Å². The molecule has 0 radical (unpaired) electrons. The monoisotopic (exact) mass is 290 g/mol. The molecular weight excluding hydrogens is 276 g/mol. The first-order valence-electron chi connectivity index (χ1n) is 5.98. The molecule has 0 N–H and O–H groups in total. The van der Waals surface area contributed by atoms with Crippen molar-refractivity contribution in [3.8, 4) is 0 Å². The third-order valence-corrected chi connectivity index (χ3v) is 3.94. The lowest BCUT2D eigenvalue weighted by molar-refractivity contribution is -0.735. The number of fused-ring (bicyclic) bond motifs is 1. The average Bonchev–Trinajstić information content (AvgIpc) is 2.85. The van der Waals surface area contributed by atoms with E-state index in [2.05, 4.69) is 50.8 Å². The molecule has 1 aromatic heterocycles. The number of hydrogen-bond donors (Lipinski definition) is 0. The van der Waals surface area contributed by atoms with Gasteiger partial charge in [0.25, 0.3) is 11.5 Å². The van der Waals surface area contributed by atoms with Gasteiger partial charge in [-0.3, -0.25) is 0 Å². The van der Waals surface area contributed by atoms with Crippen molar-refractivity contribution in [2.24, 2.45) is 0 Å². The Morgan fingerprint density at radius 3 is 2.89 bits per heavy atom. The van der Waals surface area contributed by atoms with Crippen LogP contribution in [0, 0.1) is 0 Å². The molecule has 0 atom stereocenters. The summed E-state index contributed by atoms with van der Waals surface area (Å²) < 4.78 is 4.34. The lowest BCUT2D eigenvalue weighted by Crippen LogP contribution is -2.37. The fourth-order valence-electron chi connectivity index (χ4n) is 1.95. The minimum absolute atomic E-state index is 0.871. The van der Waals surface area contributed by atoms with Gasteiger partial charge < -0.3 is 5.41 Å². The van der Waals surface area contributed by atoms with E-state index in [0.29, 0.717) is 0 Å². The highest BCUT2D eigenvalue weighted by Gasteiger charge is 2.22. The van der Waals surface area contributed by atoms with Gasteiger partial charge in [0.05, 0.1) is 6.54 Å². The van der Waals surface area contributed by atoms with Crippen LogP contribution in [0.4, 0.5) is 0 Å². The molecule has 98 valence electrons. The molecule has 1 aliphatic heterocycles. The summed E-state index contributed by atoms with van der Waals surface area (Å²) in [6, 6.07) is 10.5. The number of thioether (sulfide) groups is 1. The highest BCUT2D eigenvalue weighted by atomic mass is 32.2. The number of rotatable bonds is 2. The van der Waals surface area contributed by atoms with Crippen LogP contribution in [-0.4, -0.2) is 20.7 Å². The first kappa shape index (κ1) is 13.9. The van der Waals surface area contributed by atoms with Gasteiger partial charge in [-0.05, 0) is 12.0 Å². The van der Waals surface area contributed by atoms with Gasteiger partial charge >= 0.3 is 0 Å². The molecule has 0 fully saturated rings. The first-order chi connectivity index (χ1) is 9.35. The molecule has 2 aromatic rings. The van der Waals surface area contributed by atoms with Gasteiger partial charge in [0, 0.05) is 10.9 Å². The summed E-state index contributed by atoms with van der Waals surface area (Å²) in [5.41, 5.74) is 1.31. The Balaban J connectivity index is 0.000000408. The summed E-state index contributed by atoms with van der Waals surface area (Å²) in [6.07, 6.45) is 3.20. The second kappa shape index (κ2) is 7.19. The SMILES string of the molecule is [N-]=C=S.c1ccc(Cn2nc[n+]3c2SCCC3)cc1. The number of isothiocyanates is 1. The maximum absolute atomic E-state index is 7.13. The van der Waals surface area contributed by atoms with E-state index in [1.54, 1.807) is 0 Å². The summed E-state index contributed by atoms with van der Waals surface area (Å²) in [7, 11) is 0. The van der Waals surface area contributed by atoms with Crippen LogP contribution in [0.5, 0.6) is 0 Å². The van der Waals surface area contributed by atoms with Crippen molar-refractivity contribution in [3.63, 3.8) is 0 Å². The number of nitrogens with zero attached hydrogens (tertiary/aromatic N) is 4. The summed E-state index contributed by atoms with van der Waals surface area (Å²) in [6.45, 7) is 1.98. The highest BCUT2D eigenvalue weighted by Crippen LogP contribution is 2.19. The standard InChI is InChI=1S/C12H14N3S.CNS/c1-2-5-11(6-3-1)9-15-12-14(10-13-15)7-4-8-16-12;2-1-3/h1-3,5-6,10H,4,7-9H2;/q+1;-1. The normalized spacial score (nSPS) is 12.8. The van der Waals surface area contributed by atoms with Gasteiger partial charge in [-0.2, -0.15) is 5.16 Å². The third kappa shape index (κ3) is 3.73. The number of hydrogen-bond acceptors (Lipinski definition) is 3. The predicted molar refractivity (Wildman–Crippen MR) is 79.3 cm³/mol. The van der Waals surface area contributed by atoms with Crippen LogP contribution in [-0.2, 0) is 13.1 Å². The van der Waals surface area contributed by atoms with Gasteiger partial charge in [0.1, 0.15) is 6.54 Å². The summed E-state index contributed by atoms with van der Waals surface area (Å²) in [4.78, 5) is 0. The van der Waals surface area contributed by atoms with E-state index in [1.807, 2.05) is 24.2 Å². The number of aromatic nitrogens is 3. The van der Waals surface area contributed by atoms with Crippen LogP contribution in [0.15, 0.2) is 41.8 Å². The summed E-state index contributed by atoms with van der Waals surface area (Å²) in [5.74, 6) is 1.21. The highest BCUT2D eigenvalue weighted by molar-refractivity contribution is 7.99. The van der Waals surface area contributed by atoms with Crippen LogP contribution < -0.4 is 4.57 Å². The van der Waals surface area contributed by atoms with E-state index in [1.165, 1.54) is 28.1 Å². The Bertz CT molecular complexity index is 559. The van der Waals surface area contributed by atoms with Crippen LogP contribution in [0.2, 0.25) is 0 Å². The first-order valence-corrected chi connectivity index (χ1v) is 7.37. The predicted octanol–water partition coefficient (Wildman–Crippen LogP) is 2.37. The van der Waals surface area contributed by atoms with Crippen molar-refractivity contribution in [1.82, 2.24) is 9.78 Å². The molecule has 6 heteroatoms. The van der Waals surface area contributed by atoms with Crippen molar-refractivity contribution in [3.05, 3.63) is 47.6 Å². The molecule has 0 amide bonds. The number of thiocarbonyl (C=S) groups is 1. The molecule has 19 heavy (non-hydrogen) atoms. The molecule has 0 bridgehead atoms. The Morgan fingerprint density at radius 2 is 2.16 bits per heavy atom. The Labute approximate surface area is 122 Å². The minimum Gasteiger partial charge on any atom is -0.753 e. The zero-order chi connectivity index (χ0) is 13.5. The van der Waals surface area contributed by atoms with Crippen LogP contribution in [0.1, 0.15) is 12.0 Å². The lowest BCUT2D eigenvalue weighted by atomic mass is 10.2. The number of aryl methyl sites for hydroxylation is 1. The molecule has 0 unspecified atom stereocenters. The molecule has 0 spiro atoms. The fraction of sp³-hybridized carbons (Fsp3) is 0.308. The minimum atomic E-state index is 0.871. The lowest BCUT2D eigenvalue weighted by Gasteiger charge is -2.08. The van der Waals surface area contributed by atoms with Crippen molar-refractivity contribution in [2.45, 2.75) is 24.7 Å².